The number of rotatable bonds is 9. The molecule has 1 saturated carbocycles. The molecule has 0 nitrogen and oxygen atoms in total. The van der Waals surface area contributed by atoms with Gasteiger partial charge in [-0.3, -0.25) is 0 Å². The summed E-state index contributed by atoms with van der Waals surface area (Å²) in [6.07, 6.45) is 18.5. The maximum absolute atomic E-state index is 15.2. The molecule has 0 saturated heterocycles. The number of fused-ring (bicyclic) bond motifs is 1. The van der Waals surface area contributed by atoms with E-state index in [2.05, 4.69) is 61.2 Å². The summed E-state index contributed by atoms with van der Waals surface area (Å²) in [7, 11) is 0. The van der Waals surface area contributed by atoms with Crippen LogP contribution in [-0.4, -0.2) is 0 Å². The van der Waals surface area contributed by atoms with Gasteiger partial charge in [0.15, 0.2) is 0 Å². The smallest absolute Gasteiger partial charge is 0.146 e. The predicted octanol–water partition coefficient (Wildman–Crippen LogP) is 10.1. The van der Waals surface area contributed by atoms with Crippen molar-refractivity contribution < 1.29 is 4.39 Å². The van der Waals surface area contributed by atoms with E-state index in [1.165, 1.54) is 68.9 Å². The zero-order valence-corrected chi connectivity index (χ0v) is 22.2. The van der Waals surface area contributed by atoms with E-state index in [0.29, 0.717) is 16.9 Å². The second-order valence-electron chi connectivity index (χ2n) is 10.5. The monoisotopic (exact) mass is 480 g/mol. The molecule has 188 valence electrons. The lowest BCUT2D eigenvalue weighted by molar-refractivity contribution is 0.302. The van der Waals surface area contributed by atoms with Crippen molar-refractivity contribution in [3.05, 3.63) is 94.8 Å². The molecule has 0 aromatic heterocycles. The highest BCUT2D eigenvalue weighted by atomic mass is 19.1. The van der Waals surface area contributed by atoms with E-state index >= 15 is 4.39 Å². The number of halogens is 1. The minimum absolute atomic E-state index is 0.219. The number of unbranched alkanes of at least 4 members (excludes halogenated alkanes) is 3. The summed E-state index contributed by atoms with van der Waals surface area (Å²) in [5, 5.41) is 1.59. The average Bonchev–Trinajstić information content (AvgIpc) is 2.92. The first-order valence-electron chi connectivity index (χ1n) is 14.1. The molecule has 0 aliphatic heterocycles. The Labute approximate surface area is 218 Å². The molecule has 4 rings (SSSR count). The molecule has 0 unspecified atom stereocenters. The Morgan fingerprint density at radius 3 is 2.44 bits per heavy atom. The molecule has 0 N–H and O–H groups in total. The Balaban J connectivity index is 1.36. The van der Waals surface area contributed by atoms with Crippen molar-refractivity contribution in [3.8, 4) is 11.8 Å². The van der Waals surface area contributed by atoms with Gasteiger partial charge in [-0.05, 0) is 92.0 Å². The van der Waals surface area contributed by atoms with Crippen molar-refractivity contribution in [2.45, 2.75) is 90.4 Å². The van der Waals surface area contributed by atoms with Crippen LogP contribution in [0.3, 0.4) is 0 Å². The summed E-state index contributed by atoms with van der Waals surface area (Å²) < 4.78 is 15.2. The van der Waals surface area contributed by atoms with E-state index in [0.717, 1.165) is 29.7 Å². The normalized spacial score (nSPS) is 17.9. The lowest BCUT2D eigenvalue weighted by Gasteiger charge is -2.29. The molecule has 1 aliphatic carbocycles. The van der Waals surface area contributed by atoms with Gasteiger partial charge in [0.2, 0.25) is 0 Å². The summed E-state index contributed by atoms with van der Waals surface area (Å²) in [4.78, 5) is 0. The number of hydrogen-bond acceptors (Lipinski definition) is 0. The minimum Gasteiger partial charge on any atom is -0.205 e. The van der Waals surface area contributed by atoms with E-state index in [4.69, 9.17) is 0 Å². The van der Waals surface area contributed by atoms with Crippen molar-refractivity contribution in [1.29, 1.82) is 0 Å². The number of allylic oxidation sites excluding steroid dienone is 2. The summed E-state index contributed by atoms with van der Waals surface area (Å²) in [5.74, 6) is 7.66. The highest BCUT2D eigenvalue weighted by Gasteiger charge is 2.21. The van der Waals surface area contributed by atoms with Crippen LogP contribution in [0.2, 0.25) is 0 Å². The van der Waals surface area contributed by atoms with Crippen LogP contribution in [0, 0.1) is 23.6 Å². The average molecular weight is 481 g/mol. The summed E-state index contributed by atoms with van der Waals surface area (Å²) in [5.41, 5.74) is 4.08. The Kier molecular flexibility index (Phi) is 9.80. The van der Waals surface area contributed by atoms with Crippen molar-refractivity contribution in [2.24, 2.45) is 5.92 Å². The second kappa shape index (κ2) is 13.5. The van der Waals surface area contributed by atoms with Gasteiger partial charge >= 0.3 is 0 Å². The standard InChI is InChI=1S/C35H41F/c1-3-5-7-9-10-27-12-18-30(19-13-27)31-20-14-28(15-21-31)16-22-32-23-24-33-26-29(11-8-6-4-2)17-25-34(33)35(32)36/h4,6,14-15,17,20-21,23-27,30H,3,5,7-13,18-19H2,1-2H3/b6-4+. The van der Waals surface area contributed by atoms with E-state index < -0.39 is 0 Å². The first-order valence-corrected chi connectivity index (χ1v) is 14.1. The van der Waals surface area contributed by atoms with Gasteiger partial charge < -0.3 is 0 Å². The third kappa shape index (κ3) is 7.10. The van der Waals surface area contributed by atoms with Gasteiger partial charge in [0.05, 0.1) is 5.56 Å². The van der Waals surface area contributed by atoms with Crippen molar-refractivity contribution in [1.82, 2.24) is 0 Å². The number of aryl methyl sites for hydroxylation is 1. The Morgan fingerprint density at radius 2 is 1.69 bits per heavy atom. The highest BCUT2D eigenvalue weighted by Crippen LogP contribution is 2.37. The molecular formula is C35H41F. The van der Waals surface area contributed by atoms with Crippen LogP contribution in [0.4, 0.5) is 4.39 Å². The number of benzene rings is 3. The molecule has 1 aliphatic rings. The second-order valence-corrected chi connectivity index (χ2v) is 10.5. The molecule has 36 heavy (non-hydrogen) atoms. The fourth-order valence-electron chi connectivity index (χ4n) is 5.63. The molecule has 1 heteroatoms. The molecule has 1 fully saturated rings. The number of hydrogen-bond donors (Lipinski definition) is 0. The van der Waals surface area contributed by atoms with Crippen molar-refractivity contribution >= 4 is 10.8 Å². The van der Waals surface area contributed by atoms with Crippen LogP contribution < -0.4 is 0 Å². The van der Waals surface area contributed by atoms with Gasteiger partial charge in [-0.2, -0.15) is 0 Å². The SMILES string of the molecule is C/C=C/CCc1ccc2c(F)c(C#Cc3ccc(C4CCC(CCCCCC)CC4)cc3)ccc2c1. The van der Waals surface area contributed by atoms with Crippen LogP contribution in [0.25, 0.3) is 10.8 Å². The Bertz CT molecular complexity index is 1200. The van der Waals surface area contributed by atoms with Crippen LogP contribution in [-0.2, 0) is 6.42 Å². The van der Waals surface area contributed by atoms with E-state index in [1.54, 1.807) is 0 Å². The first kappa shape index (κ1) is 26.2. The van der Waals surface area contributed by atoms with Crippen LogP contribution in [0.15, 0.2) is 66.7 Å². The molecule has 3 aromatic carbocycles. The molecule has 0 atom stereocenters. The van der Waals surface area contributed by atoms with Gasteiger partial charge in [-0.1, -0.05) is 99.4 Å². The van der Waals surface area contributed by atoms with Gasteiger partial charge in [0, 0.05) is 10.9 Å². The largest absolute Gasteiger partial charge is 0.205 e. The molecule has 3 aromatic rings. The fraction of sp³-hybridized carbons (Fsp3) is 0.429. The third-order valence-electron chi connectivity index (χ3n) is 7.89. The van der Waals surface area contributed by atoms with Gasteiger partial charge in [-0.25, -0.2) is 4.39 Å². The predicted molar refractivity (Wildman–Crippen MR) is 153 cm³/mol. The van der Waals surface area contributed by atoms with E-state index in [-0.39, 0.29) is 5.82 Å². The quantitative estimate of drug-likeness (QED) is 0.162. The third-order valence-corrected chi connectivity index (χ3v) is 7.89. The maximum atomic E-state index is 15.2. The summed E-state index contributed by atoms with van der Waals surface area (Å²) in [6.45, 7) is 4.32. The van der Waals surface area contributed by atoms with Crippen LogP contribution >= 0.6 is 0 Å². The molecule has 0 bridgehead atoms. The zero-order valence-electron chi connectivity index (χ0n) is 22.2. The fourth-order valence-corrected chi connectivity index (χ4v) is 5.63. The molecular weight excluding hydrogens is 439 g/mol. The molecule has 0 radical (unpaired) electrons. The zero-order chi connectivity index (χ0) is 25.2. The lowest BCUT2D eigenvalue weighted by Crippen LogP contribution is -2.13. The van der Waals surface area contributed by atoms with Crippen LogP contribution in [0.1, 0.15) is 106 Å². The topological polar surface area (TPSA) is 0 Å². The first-order chi connectivity index (χ1) is 17.7. The minimum atomic E-state index is -0.219. The lowest BCUT2D eigenvalue weighted by atomic mass is 9.77. The van der Waals surface area contributed by atoms with Crippen molar-refractivity contribution in [3.63, 3.8) is 0 Å². The Hall–Kier alpha value is -2.85. The highest BCUT2D eigenvalue weighted by molar-refractivity contribution is 5.85. The van der Waals surface area contributed by atoms with Gasteiger partial charge in [0.25, 0.3) is 0 Å². The van der Waals surface area contributed by atoms with Crippen molar-refractivity contribution in [2.75, 3.05) is 0 Å². The van der Waals surface area contributed by atoms with E-state index in [1.807, 2.05) is 31.2 Å². The van der Waals surface area contributed by atoms with Gasteiger partial charge in [-0.15, -0.1) is 0 Å². The van der Waals surface area contributed by atoms with E-state index in [9.17, 15) is 0 Å². The Morgan fingerprint density at radius 1 is 0.889 bits per heavy atom. The molecule has 0 spiro atoms. The maximum Gasteiger partial charge on any atom is 0.146 e. The summed E-state index contributed by atoms with van der Waals surface area (Å²) >= 11 is 0. The van der Waals surface area contributed by atoms with Crippen LogP contribution in [0.5, 0.6) is 0 Å². The van der Waals surface area contributed by atoms with Gasteiger partial charge in [0.1, 0.15) is 5.82 Å². The molecule has 0 amide bonds. The summed E-state index contributed by atoms with van der Waals surface area (Å²) in [6, 6.07) is 18.5. The molecule has 0 heterocycles.